The Kier molecular flexibility index (Phi) is 2.43. The second-order valence-electron chi connectivity index (χ2n) is 1.48. The lowest BCUT2D eigenvalue weighted by Crippen LogP contribution is -1.91. The van der Waals surface area contributed by atoms with Gasteiger partial charge in [0.25, 0.3) is 5.91 Å². The van der Waals surface area contributed by atoms with Crippen molar-refractivity contribution in [1.29, 1.82) is 0 Å². The van der Waals surface area contributed by atoms with E-state index in [0.717, 1.165) is 11.3 Å². The number of aromatic nitrogens is 1. The first-order valence-electron chi connectivity index (χ1n) is 2.44. The number of azide groups is 1. The van der Waals surface area contributed by atoms with Crippen molar-refractivity contribution in [3.05, 3.63) is 26.0 Å². The second-order valence-corrected chi connectivity index (χ2v) is 2.92. The van der Waals surface area contributed by atoms with E-state index in [4.69, 9.17) is 17.1 Å². The molecular formula is C4HClN4OS. The summed E-state index contributed by atoms with van der Waals surface area (Å²) in [6, 6.07) is 0. The van der Waals surface area contributed by atoms with Crippen LogP contribution in [0.2, 0.25) is 4.47 Å². The molecule has 0 aliphatic rings. The Morgan fingerprint density at radius 3 is 3.09 bits per heavy atom. The van der Waals surface area contributed by atoms with Crippen LogP contribution in [0.5, 0.6) is 0 Å². The quantitative estimate of drug-likeness (QED) is 0.385. The molecule has 5 nitrogen and oxygen atoms in total. The number of nitrogens with zero attached hydrogens (tertiary/aromatic N) is 4. The van der Waals surface area contributed by atoms with Gasteiger partial charge in [-0.05, 0) is 10.6 Å². The summed E-state index contributed by atoms with van der Waals surface area (Å²) < 4.78 is 0.251. The van der Waals surface area contributed by atoms with Crippen LogP contribution in [0.3, 0.4) is 0 Å². The first-order chi connectivity index (χ1) is 5.24. The normalized spacial score (nSPS) is 8.82. The molecule has 0 fully saturated rings. The number of amides is 1. The van der Waals surface area contributed by atoms with E-state index in [-0.39, 0.29) is 10.2 Å². The summed E-state index contributed by atoms with van der Waals surface area (Å²) in [6.45, 7) is 0. The summed E-state index contributed by atoms with van der Waals surface area (Å²) in [6.07, 6.45) is 0. The number of hydrogen-bond donors (Lipinski definition) is 0. The molecule has 0 aliphatic heterocycles. The molecule has 0 saturated carbocycles. The summed E-state index contributed by atoms with van der Waals surface area (Å²) in [7, 11) is 0. The highest BCUT2D eigenvalue weighted by atomic mass is 35.5. The van der Waals surface area contributed by atoms with Gasteiger partial charge in [-0.3, -0.25) is 4.79 Å². The third kappa shape index (κ3) is 1.91. The van der Waals surface area contributed by atoms with Crippen molar-refractivity contribution in [2.24, 2.45) is 5.11 Å². The van der Waals surface area contributed by atoms with Crippen molar-refractivity contribution in [2.75, 3.05) is 0 Å². The van der Waals surface area contributed by atoms with Crippen LogP contribution in [0.25, 0.3) is 10.4 Å². The van der Waals surface area contributed by atoms with Crippen LogP contribution in [-0.2, 0) is 0 Å². The van der Waals surface area contributed by atoms with Crippen LogP contribution in [-0.4, -0.2) is 10.9 Å². The zero-order valence-electron chi connectivity index (χ0n) is 5.06. The highest BCUT2D eigenvalue weighted by molar-refractivity contribution is 7.14. The van der Waals surface area contributed by atoms with Crippen molar-refractivity contribution >= 4 is 28.8 Å². The Morgan fingerprint density at radius 1 is 1.91 bits per heavy atom. The first kappa shape index (κ1) is 8.00. The molecule has 56 valence electrons. The molecule has 0 atom stereocenters. The van der Waals surface area contributed by atoms with Gasteiger partial charge in [0, 0.05) is 10.3 Å². The molecule has 1 aromatic rings. The summed E-state index contributed by atoms with van der Waals surface area (Å²) in [5, 5.41) is 4.27. The Bertz CT molecular complexity index is 329. The third-order valence-electron chi connectivity index (χ3n) is 0.831. The third-order valence-corrected chi connectivity index (χ3v) is 1.81. The minimum absolute atomic E-state index is 0.0813. The van der Waals surface area contributed by atoms with E-state index in [9.17, 15) is 4.79 Å². The van der Waals surface area contributed by atoms with Crippen molar-refractivity contribution in [3.8, 4) is 0 Å². The maximum Gasteiger partial charge on any atom is 0.268 e. The Hall–Kier alpha value is -1.10. The molecule has 1 aromatic heterocycles. The van der Waals surface area contributed by atoms with Crippen LogP contribution >= 0.6 is 22.9 Å². The lowest BCUT2D eigenvalue weighted by Gasteiger charge is -1.80. The fraction of sp³-hybridized carbons (Fsp3) is 0. The van der Waals surface area contributed by atoms with E-state index in [0.29, 0.717) is 0 Å². The number of halogens is 1. The molecule has 0 saturated heterocycles. The topological polar surface area (TPSA) is 78.7 Å². The summed E-state index contributed by atoms with van der Waals surface area (Å²) in [5.41, 5.74) is 7.97. The van der Waals surface area contributed by atoms with Crippen LogP contribution in [0.1, 0.15) is 10.5 Å². The van der Waals surface area contributed by atoms with Crippen molar-refractivity contribution in [3.63, 3.8) is 0 Å². The fourth-order valence-electron chi connectivity index (χ4n) is 0.442. The van der Waals surface area contributed by atoms with Gasteiger partial charge in [-0.25, -0.2) is 4.98 Å². The second kappa shape index (κ2) is 3.34. The molecule has 0 N–H and O–H groups in total. The van der Waals surface area contributed by atoms with Crippen LogP contribution in [0.4, 0.5) is 0 Å². The van der Waals surface area contributed by atoms with Gasteiger partial charge in [-0.2, -0.15) is 0 Å². The predicted molar refractivity (Wildman–Crippen MR) is 40.6 cm³/mol. The van der Waals surface area contributed by atoms with Crippen molar-refractivity contribution in [1.82, 2.24) is 4.98 Å². The van der Waals surface area contributed by atoms with E-state index >= 15 is 0 Å². The van der Waals surface area contributed by atoms with E-state index in [1.807, 2.05) is 0 Å². The van der Waals surface area contributed by atoms with Crippen molar-refractivity contribution in [2.45, 2.75) is 0 Å². The van der Waals surface area contributed by atoms with E-state index in [2.05, 4.69) is 15.0 Å². The number of hydrogen-bond acceptors (Lipinski definition) is 3. The molecule has 0 bridgehead atoms. The molecule has 11 heavy (non-hydrogen) atoms. The van der Waals surface area contributed by atoms with Crippen LogP contribution in [0, 0.1) is 0 Å². The van der Waals surface area contributed by atoms with Gasteiger partial charge >= 0.3 is 0 Å². The lowest BCUT2D eigenvalue weighted by molar-refractivity contribution is 0.0996. The van der Waals surface area contributed by atoms with Crippen molar-refractivity contribution < 1.29 is 4.79 Å². The predicted octanol–water partition coefficient (Wildman–Crippen LogP) is 2.25. The number of thiazole rings is 1. The molecule has 0 radical (unpaired) electrons. The van der Waals surface area contributed by atoms with Gasteiger partial charge in [0.1, 0.15) is 5.69 Å². The smallest absolute Gasteiger partial charge is 0.268 e. The highest BCUT2D eigenvalue weighted by Crippen LogP contribution is 2.15. The average molecular weight is 189 g/mol. The molecule has 0 spiro atoms. The molecule has 1 heterocycles. The Balaban J connectivity index is 2.93. The molecule has 1 amide bonds. The molecule has 1 rings (SSSR count). The number of carbonyl (C=O) groups is 1. The standard InChI is InChI=1S/C4HClN4OS/c5-4-7-2(1-11-4)3(10)8-9-6/h1H. The van der Waals surface area contributed by atoms with E-state index < -0.39 is 5.91 Å². The maximum atomic E-state index is 10.7. The zero-order chi connectivity index (χ0) is 8.27. The summed E-state index contributed by atoms with van der Waals surface area (Å²) in [4.78, 5) is 16.6. The van der Waals surface area contributed by atoms with Crippen LogP contribution < -0.4 is 0 Å². The summed E-state index contributed by atoms with van der Waals surface area (Å²) >= 11 is 6.53. The monoisotopic (exact) mass is 188 g/mol. The van der Waals surface area contributed by atoms with Gasteiger partial charge in [-0.1, -0.05) is 11.6 Å². The molecule has 7 heteroatoms. The van der Waals surface area contributed by atoms with E-state index in [1.165, 1.54) is 5.38 Å². The van der Waals surface area contributed by atoms with Crippen LogP contribution in [0.15, 0.2) is 10.5 Å². The Morgan fingerprint density at radius 2 is 2.64 bits per heavy atom. The molecule has 0 aromatic carbocycles. The van der Waals surface area contributed by atoms with Gasteiger partial charge in [0.05, 0.1) is 0 Å². The number of rotatable bonds is 1. The zero-order valence-corrected chi connectivity index (χ0v) is 6.63. The van der Waals surface area contributed by atoms with Gasteiger partial charge in [0.2, 0.25) is 0 Å². The highest BCUT2D eigenvalue weighted by Gasteiger charge is 2.06. The number of carbonyl (C=O) groups excluding carboxylic acids is 1. The minimum Gasteiger partial charge on any atom is -0.285 e. The minimum atomic E-state index is -0.712. The SMILES string of the molecule is [N-]=[N+]=NC(=O)c1csc(Cl)n1. The Labute approximate surface area is 70.3 Å². The first-order valence-corrected chi connectivity index (χ1v) is 3.70. The molecular weight excluding hydrogens is 188 g/mol. The lowest BCUT2D eigenvalue weighted by atomic mass is 10.5. The largest absolute Gasteiger partial charge is 0.285 e. The summed E-state index contributed by atoms with van der Waals surface area (Å²) in [5.74, 6) is -0.712. The molecule has 0 unspecified atom stereocenters. The van der Waals surface area contributed by atoms with Gasteiger partial charge in [0.15, 0.2) is 4.47 Å². The molecule has 0 aliphatic carbocycles. The average Bonchev–Trinajstić information content (AvgIpc) is 2.36. The fourth-order valence-corrected chi connectivity index (χ4v) is 1.18. The van der Waals surface area contributed by atoms with Gasteiger partial charge < -0.3 is 0 Å². The van der Waals surface area contributed by atoms with Gasteiger partial charge in [-0.15, -0.1) is 11.3 Å². The maximum absolute atomic E-state index is 10.7. The van der Waals surface area contributed by atoms with E-state index in [1.54, 1.807) is 0 Å².